The number of piperazine rings is 1. The molecule has 2 rings (SSSR count). The van der Waals surface area contributed by atoms with Crippen LogP contribution in [0.1, 0.15) is 11.6 Å². The fraction of sp³-hybridized carbons (Fsp3) is 0.300. The first-order valence-corrected chi connectivity index (χ1v) is 4.54. The lowest BCUT2D eigenvalue weighted by molar-refractivity contribution is -0.124. The SMILES string of the molecule is O=C1NCCN[C@@H]1c1cccc(F)c1. The summed E-state index contributed by atoms with van der Waals surface area (Å²) in [7, 11) is 0. The van der Waals surface area contributed by atoms with Crippen LogP contribution in [0.3, 0.4) is 0 Å². The summed E-state index contributed by atoms with van der Waals surface area (Å²) < 4.78 is 12.9. The summed E-state index contributed by atoms with van der Waals surface area (Å²) in [4.78, 5) is 11.4. The highest BCUT2D eigenvalue weighted by atomic mass is 19.1. The van der Waals surface area contributed by atoms with Gasteiger partial charge in [0.25, 0.3) is 0 Å². The van der Waals surface area contributed by atoms with Crippen LogP contribution in [0.5, 0.6) is 0 Å². The molecule has 0 bridgehead atoms. The largest absolute Gasteiger partial charge is 0.353 e. The quantitative estimate of drug-likeness (QED) is 0.686. The maximum absolute atomic E-state index is 12.9. The predicted octanol–water partition coefficient (Wildman–Crippen LogP) is 0.586. The summed E-state index contributed by atoms with van der Waals surface area (Å²) in [6, 6.07) is 5.67. The van der Waals surface area contributed by atoms with E-state index in [1.165, 1.54) is 12.1 Å². The molecule has 2 N–H and O–H groups in total. The molecule has 1 heterocycles. The molecule has 1 aliphatic heterocycles. The van der Waals surface area contributed by atoms with Gasteiger partial charge in [-0.3, -0.25) is 4.79 Å². The van der Waals surface area contributed by atoms with Crippen LogP contribution in [0.25, 0.3) is 0 Å². The van der Waals surface area contributed by atoms with Gasteiger partial charge in [0.1, 0.15) is 11.9 Å². The molecule has 1 aliphatic rings. The maximum Gasteiger partial charge on any atom is 0.241 e. The second-order valence-electron chi connectivity index (χ2n) is 3.23. The minimum absolute atomic E-state index is 0.0955. The Morgan fingerprint density at radius 2 is 2.21 bits per heavy atom. The highest BCUT2D eigenvalue weighted by molar-refractivity contribution is 5.83. The lowest BCUT2D eigenvalue weighted by Gasteiger charge is -2.23. The smallest absolute Gasteiger partial charge is 0.241 e. The average molecular weight is 194 g/mol. The predicted molar refractivity (Wildman–Crippen MR) is 50.2 cm³/mol. The van der Waals surface area contributed by atoms with Crippen LogP contribution in [0, 0.1) is 5.82 Å². The number of hydrogen-bond donors (Lipinski definition) is 2. The first kappa shape index (κ1) is 9.15. The molecule has 1 aromatic carbocycles. The van der Waals surface area contributed by atoms with E-state index in [-0.39, 0.29) is 11.7 Å². The molecule has 4 heteroatoms. The van der Waals surface area contributed by atoms with Crippen molar-refractivity contribution < 1.29 is 9.18 Å². The minimum atomic E-state index is -0.417. The number of rotatable bonds is 1. The Balaban J connectivity index is 2.24. The van der Waals surface area contributed by atoms with Gasteiger partial charge in [-0.1, -0.05) is 12.1 Å². The van der Waals surface area contributed by atoms with Crippen molar-refractivity contribution in [2.24, 2.45) is 0 Å². The highest BCUT2D eigenvalue weighted by Gasteiger charge is 2.22. The molecule has 0 spiro atoms. The Bertz CT molecular complexity index is 354. The Morgan fingerprint density at radius 1 is 1.36 bits per heavy atom. The van der Waals surface area contributed by atoms with E-state index in [0.717, 1.165) is 0 Å². The lowest BCUT2D eigenvalue weighted by atomic mass is 10.0. The van der Waals surface area contributed by atoms with Crippen molar-refractivity contribution >= 4 is 5.91 Å². The van der Waals surface area contributed by atoms with E-state index in [1.54, 1.807) is 12.1 Å². The van der Waals surface area contributed by atoms with Crippen LogP contribution in [0.2, 0.25) is 0 Å². The van der Waals surface area contributed by atoms with E-state index in [1.807, 2.05) is 0 Å². The molecular formula is C10H11FN2O. The number of nitrogens with one attached hydrogen (secondary N) is 2. The fourth-order valence-electron chi connectivity index (χ4n) is 1.55. The van der Waals surface area contributed by atoms with Crippen LogP contribution in [-0.2, 0) is 4.79 Å². The van der Waals surface area contributed by atoms with E-state index >= 15 is 0 Å². The van der Waals surface area contributed by atoms with Gasteiger partial charge in [-0.25, -0.2) is 4.39 Å². The molecule has 3 nitrogen and oxygen atoms in total. The number of amides is 1. The van der Waals surface area contributed by atoms with Crippen molar-refractivity contribution in [3.8, 4) is 0 Å². The van der Waals surface area contributed by atoms with Gasteiger partial charge in [0, 0.05) is 13.1 Å². The highest BCUT2D eigenvalue weighted by Crippen LogP contribution is 2.15. The van der Waals surface area contributed by atoms with E-state index < -0.39 is 6.04 Å². The average Bonchev–Trinajstić information content (AvgIpc) is 2.18. The second kappa shape index (κ2) is 3.75. The van der Waals surface area contributed by atoms with Crippen molar-refractivity contribution in [1.29, 1.82) is 0 Å². The number of benzene rings is 1. The zero-order valence-electron chi connectivity index (χ0n) is 7.59. The number of hydrogen-bond acceptors (Lipinski definition) is 2. The van der Waals surface area contributed by atoms with E-state index in [4.69, 9.17) is 0 Å². The molecule has 0 unspecified atom stereocenters. The molecule has 1 atom stereocenters. The summed E-state index contributed by atoms with van der Waals surface area (Å²) in [5, 5.41) is 5.76. The van der Waals surface area contributed by atoms with Crippen molar-refractivity contribution in [3.05, 3.63) is 35.6 Å². The zero-order chi connectivity index (χ0) is 9.97. The van der Waals surface area contributed by atoms with Gasteiger partial charge in [-0.05, 0) is 17.7 Å². The van der Waals surface area contributed by atoms with Gasteiger partial charge in [-0.15, -0.1) is 0 Å². The van der Waals surface area contributed by atoms with Crippen LogP contribution in [0.15, 0.2) is 24.3 Å². The third kappa shape index (κ3) is 1.75. The van der Waals surface area contributed by atoms with E-state index in [2.05, 4.69) is 10.6 Å². The molecule has 1 saturated heterocycles. The first-order valence-electron chi connectivity index (χ1n) is 4.54. The van der Waals surface area contributed by atoms with Crippen molar-refractivity contribution in [2.75, 3.05) is 13.1 Å². The summed E-state index contributed by atoms with van der Waals surface area (Å²) in [5.41, 5.74) is 0.669. The van der Waals surface area contributed by atoms with E-state index in [9.17, 15) is 9.18 Å². The third-order valence-electron chi connectivity index (χ3n) is 2.22. The zero-order valence-corrected chi connectivity index (χ0v) is 7.59. The van der Waals surface area contributed by atoms with Gasteiger partial charge < -0.3 is 10.6 Å². The van der Waals surface area contributed by atoms with E-state index in [0.29, 0.717) is 18.7 Å². The normalized spacial score (nSPS) is 21.8. The maximum atomic E-state index is 12.9. The van der Waals surface area contributed by atoms with Gasteiger partial charge in [0.05, 0.1) is 0 Å². The summed E-state index contributed by atoms with van der Waals surface area (Å²) in [6.45, 7) is 1.34. The first-order chi connectivity index (χ1) is 6.77. The molecule has 1 fully saturated rings. The molecular weight excluding hydrogens is 183 g/mol. The fourth-order valence-corrected chi connectivity index (χ4v) is 1.55. The van der Waals surface area contributed by atoms with Gasteiger partial charge in [-0.2, -0.15) is 0 Å². The summed E-state index contributed by atoms with van der Waals surface area (Å²) in [5.74, 6) is -0.412. The standard InChI is InChI=1S/C10H11FN2O/c11-8-3-1-2-7(6-8)9-10(14)13-5-4-12-9/h1-3,6,9,12H,4-5H2,(H,13,14)/t9-/m1/s1. The Hall–Kier alpha value is -1.42. The molecule has 74 valence electrons. The molecule has 0 aliphatic carbocycles. The Morgan fingerprint density at radius 3 is 2.93 bits per heavy atom. The van der Waals surface area contributed by atoms with Gasteiger partial charge in [0.2, 0.25) is 5.91 Å². The number of halogens is 1. The lowest BCUT2D eigenvalue weighted by Crippen LogP contribution is -2.47. The van der Waals surface area contributed by atoms with Crippen LogP contribution in [0.4, 0.5) is 4.39 Å². The summed E-state index contributed by atoms with van der Waals surface area (Å²) >= 11 is 0. The molecule has 0 saturated carbocycles. The third-order valence-corrected chi connectivity index (χ3v) is 2.22. The van der Waals surface area contributed by atoms with Crippen LogP contribution < -0.4 is 10.6 Å². The van der Waals surface area contributed by atoms with Gasteiger partial charge >= 0.3 is 0 Å². The van der Waals surface area contributed by atoms with Crippen molar-refractivity contribution in [2.45, 2.75) is 6.04 Å². The topological polar surface area (TPSA) is 41.1 Å². The Kier molecular flexibility index (Phi) is 2.45. The molecule has 0 aromatic heterocycles. The van der Waals surface area contributed by atoms with Crippen molar-refractivity contribution in [3.63, 3.8) is 0 Å². The molecule has 1 amide bonds. The second-order valence-corrected chi connectivity index (χ2v) is 3.23. The molecule has 1 aromatic rings. The molecule has 14 heavy (non-hydrogen) atoms. The Labute approximate surface area is 81.3 Å². The number of carbonyl (C=O) groups excluding carboxylic acids is 1. The van der Waals surface area contributed by atoms with Crippen molar-refractivity contribution in [1.82, 2.24) is 10.6 Å². The van der Waals surface area contributed by atoms with Crippen LogP contribution >= 0.6 is 0 Å². The monoisotopic (exact) mass is 194 g/mol. The summed E-state index contributed by atoms with van der Waals surface area (Å²) in [6.07, 6.45) is 0. The molecule has 0 radical (unpaired) electrons. The van der Waals surface area contributed by atoms with Crippen LogP contribution in [-0.4, -0.2) is 19.0 Å². The number of carbonyl (C=O) groups is 1. The van der Waals surface area contributed by atoms with Gasteiger partial charge in [0.15, 0.2) is 0 Å². The minimum Gasteiger partial charge on any atom is -0.353 e.